The van der Waals surface area contributed by atoms with Gasteiger partial charge in [-0.3, -0.25) is 10.1 Å². The number of anilines is 1. The van der Waals surface area contributed by atoms with Gasteiger partial charge in [0.25, 0.3) is 0 Å². The van der Waals surface area contributed by atoms with Crippen molar-refractivity contribution in [1.82, 2.24) is 9.78 Å². The number of nitro groups is 1. The maximum atomic E-state index is 11.2. The van der Waals surface area contributed by atoms with E-state index >= 15 is 0 Å². The van der Waals surface area contributed by atoms with Crippen molar-refractivity contribution in [2.45, 2.75) is 46.1 Å². The average molecular weight is 284 g/mol. The van der Waals surface area contributed by atoms with Crippen molar-refractivity contribution in [3.63, 3.8) is 0 Å². The van der Waals surface area contributed by atoms with E-state index in [0.29, 0.717) is 18.1 Å². The smallest absolute Gasteiger partial charge is 0.333 e. The van der Waals surface area contributed by atoms with E-state index in [1.54, 1.807) is 11.6 Å². The first-order valence-electron chi connectivity index (χ1n) is 7.06. The van der Waals surface area contributed by atoms with Gasteiger partial charge in [0, 0.05) is 26.7 Å². The Hall–Kier alpha value is -1.63. The molecule has 0 atom stereocenters. The fourth-order valence-corrected chi connectivity index (χ4v) is 2.26. The van der Waals surface area contributed by atoms with Gasteiger partial charge in [-0.2, -0.15) is 5.10 Å². The predicted octanol–water partition coefficient (Wildman–Crippen LogP) is 2.11. The molecular weight excluding hydrogens is 260 g/mol. The molecule has 7 heteroatoms. The van der Waals surface area contributed by atoms with Gasteiger partial charge in [-0.25, -0.2) is 4.68 Å². The zero-order chi connectivity index (χ0) is 15.1. The summed E-state index contributed by atoms with van der Waals surface area (Å²) in [4.78, 5) is 12.8. The maximum Gasteiger partial charge on any atom is 0.333 e. The molecule has 0 aromatic carbocycles. The maximum absolute atomic E-state index is 11.2. The van der Waals surface area contributed by atoms with Crippen LogP contribution in [0.15, 0.2) is 0 Å². The van der Waals surface area contributed by atoms with Crippen LogP contribution in [-0.4, -0.2) is 40.0 Å². The van der Waals surface area contributed by atoms with Gasteiger partial charge in [-0.15, -0.1) is 0 Å². The number of hydrogen-bond acceptors (Lipinski definition) is 5. The van der Waals surface area contributed by atoms with Gasteiger partial charge >= 0.3 is 5.69 Å². The van der Waals surface area contributed by atoms with E-state index in [1.807, 2.05) is 18.9 Å². The average Bonchev–Trinajstić information content (AvgIpc) is 2.71. The molecule has 0 spiro atoms. The number of unbranched alkanes of at least 4 members (excludes halogenated alkanes) is 2. The summed E-state index contributed by atoms with van der Waals surface area (Å²) in [5.41, 5.74) is 0.559. The molecule has 0 unspecified atom stereocenters. The molecule has 1 aromatic rings. The highest BCUT2D eigenvalue weighted by molar-refractivity contribution is 5.60. The summed E-state index contributed by atoms with van der Waals surface area (Å²) in [5, 5.41) is 24.3. The zero-order valence-electron chi connectivity index (χ0n) is 12.5. The SMILES string of the molecule is CCCn1nc(C)c([N+](=O)[O-])c1N(C)CCCCCO. The highest BCUT2D eigenvalue weighted by atomic mass is 16.6. The number of rotatable bonds is 9. The molecule has 0 aliphatic carbocycles. The summed E-state index contributed by atoms with van der Waals surface area (Å²) in [6, 6.07) is 0. The summed E-state index contributed by atoms with van der Waals surface area (Å²) in [5.74, 6) is 0.582. The van der Waals surface area contributed by atoms with Crippen molar-refractivity contribution < 1.29 is 10.0 Å². The monoisotopic (exact) mass is 284 g/mol. The molecule has 1 rings (SSSR count). The molecular formula is C13H24N4O3. The second kappa shape index (κ2) is 7.84. The summed E-state index contributed by atoms with van der Waals surface area (Å²) < 4.78 is 1.72. The van der Waals surface area contributed by atoms with Crippen LogP contribution in [0, 0.1) is 17.0 Å². The lowest BCUT2D eigenvalue weighted by Gasteiger charge is -2.19. The molecule has 0 saturated heterocycles. The van der Waals surface area contributed by atoms with E-state index < -0.39 is 0 Å². The van der Waals surface area contributed by atoms with E-state index in [4.69, 9.17) is 5.11 Å². The molecule has 0 radical (unpaired) electrons. The topological polar surface area (TPSA) is 84.4 Å². The second-order valence-electron chi connectivity index (χ2n) is 4.94. The van der Waals surface area contributed by atoms with Gasteiger partial charge < -0.3 is 10.0 Å². The number of aliphatic hydroxyl groups is 1. The minimum Gasteiger partial charge on any atom is -0.396 e. The number of aromatic nitrogens is 2. The normalized spacial score (nSPS) is 10.8. The van der Waals surface area contributed by atoms with Gasteiger partial charge in [0.1, 0.15) is 5.69 Å². The van der Waals surface area contributed by atoms with Gasteiger partial charge in [0.15, 0.2) is 0 Å². The Morgan fingerprint density at radius 1 is 1.40 bits per heavy atom. The van der Waals surface area contributed by atoms with Crippen LogP contribution in [0.4, 0.5) is 11.5 Å². The van der Waals surface area contributed by atoms with Crippen LogP contribution in [0.1, 0.15) is 38.3 Å². The lowest BCUT2D eigenvalue weighted by atomic mass is 10.2. The first-order valence-corrected chi connectivity index (χ1v) is 7.06. The molecule has 114 valence electrons. The first-order chi connectivity index (χ1) is 9.52. The van der Waals surface area contributed by atoms with E-state index in [0.717, 1.165) is 32.2 Å². The molecule has 0 bridgehead atoms. The molecule has 0 saturated carbocycles. The van der Waals surface area contributed by atoms with E-state index in [1.165, 1.54) is 0 Å². The highest BCUT2D eigenvalue weighted by Crippen LogP contribution is 2.31. The standard InChI is InChI=1S/C13H24N4O3/c1-4-8-16-13(12(17(19)20)11(2)14-16)15(3)9-6-5-7-10-18/h18H,4-10H2,1-3H3. The minimum atomic E-state index is -0.353. The van der Waals surface area contributed by atoms with Crippen LogP contribution in [0.3, 0.4) is 0 Å². The number of aliphatic hydroxyl groups excluding tert-OH is 1. The van der Waals surface area contributed by atoms with Crippen molar-refractivity contribution in [1.29, 1.82) is 0 Å². The number of hydrogen-bond donors (Lipinski definition) is 1. The van der Waals surface area contributed by atoms with Crippen molar-refractivity contribution in [2.24, 2.45) is 0 Å². The molecule has 7 nitrogen and oxygen atoms in total. The Morgan fingerprint density at radius 2 is 2.10 bits per heavy atom. The third-order valence-corrected chi connectivity index (χ3v) is 3.20. The Kier molecular flexibility index (Phi) is 6.44. The Bertz CT molecular complexity index is 445. The Morgan fingerprint density at radius 3 is 2.65 bits per heavy atom. The Balaban J connectivity index is 2.91. The van der Waals surface area contributed by atoms with Crippen LogP contribution in [0.2, 0.25) is 0 Å². The molecule has 0 aliphatic rings. The third-order valence-electron chi connectivity index (χ3n) is 3.20. The summed E-state index contributed by atoms with van der Waals surface area (Å²) in [7, 11) is 1.86. The fraction of sp³-hybridized carbons (Fsp3) is 0.769. The lowest BCUT2D eigenvalue weighted by molar-refractivity contribution is -0.384. The summed E-state index contributed by atoms with van der Waals surface area (Å²) in [6.45, 7) is 5.28. The molecule has 1 heterocycles. The Labute approximate surface area is 119 Å². The van der Waals surface area contributed by atoms with Gasteiger partial charge in [0.05, 0.1) is 4.92 Å². The van der Waals surface area contributed by atoms with Gasteiger partial charge in [-0.1, -0.05) is 6.92 Å². The van der Waals surface area contributed by atoms with E-state index in [2.05, 4.69) is 5.10 Å². The molecule has 1 aromatic heterocycles. The van der Waals surface area contributed by atoms with Crippen LogP contribution in [-0.2, 0) is 6.54 Å². The predicted molar refractivity (Wildman–Crippen MR) is 78.1 cm³/mol. The summed E-state index contributed by atoms with van der Waals surface area (Å²) in [6.07, 6.45) is 3.45. The van der Waals surface area contributed by atoms with Crippen LogP contribution < -0.4 is 4.90 Å². The van der Waals surface area contributed by atoms with Crippen molar-refractivity contribution in [3.05, 3.63) is 15.8 Å². The molecule has 20 heavy (non-hydrogen) atoms. The number of nitrogens with zero attached hydrogens (tertiary/aromatic N) is 4. The highest BCUT2D eigenvalue weighted by Gasteiger charge is 2.27. The van der Waals surface area contributed by atoms with Crippen molar-refractivity contribution >= 4 is 11.5 Å². The quantitative estimate of drug-likeness (QED) is 0.426. The zero-order valence-corrected chi connectivity index (χ0v) is 12.5. The van der Waals surface area contributed by atoms with E-state index in [-0.39, 0.29) is 17.2 Å². The van der Waals surface area contributed by atoms with Gasteiger partial charge in [-0.05, 0) is 32.6 Å². The summed E-state index contributed by atoms with van der Waals surface area (Å²) >= 11 is 0. The minimum absolute atomic E-state index is 0.100. The first kappa shape index (κ1) is 16.4. The molecule has 0 fully saturated rings. The lowest BCUT2D eigenvalue weighted by Crippen LogP contribution is -2.23. The van der Waals surface area contributed by atoms with Gasteiger partial charge in [0.2, 0.25) is 5.82 Å². The fourth-order valence-electron chi connectivity index (χ4n) is 2.26. The molecule has 0 amide bonds. The van der Waals surface area contributed by atoms with Crippen LogP contribution >= 0.6 is 0 Å². The van der Waals surface area contributed by atoms with E-state index in [9.17, 15) is 10.1 Å². The number of aryl methyl sites for hydroxylation is 2. The molecule has 0 aliphatic heterocycles. The van der Waals surface area contributed by atoms with Crippen molar-refractivity contribution in [3.8, 4) is 0 Å². The third kappa shape index (κ3) is 3.93. The second-order valence-corrected chi connectivity index (χ2v) is 4.94. The molecule has 1 N–H and O–H groups in total. The van der Waals surface area contributed by atoms with Crippen LogP contribution in [0.5, 0.6) is 0 Å². The van der Waals surface area contributed by atoms with Crippen LogP contribution in [0.25, 0.3) is 0 Å². The largest absolute Gasteiger partial charge is 0.396 e. The van der Waals surface area contributed by atoms with Crippen molar-refractivity contribution in [2.75, 3.05) is 25.1 Å².